The fraction of sp³-hybridized carbons (Fsp3) is 0.643. The molecule has 1 spiro atoms. The van der Waals surface area contributed by atoms with Crippen LogP contribution in [0.1, 0.15) is 41.9 Å². The molecule has 18 heavy (non-hydrogen) atoms. The van der Waals surface area contributed by atoms with Gasteiger partial charge in [0.25, 0.3) is 0 Å². The zero-order valence-electron chi connectivity index (χ0n) is 10.9. The zero-order valence-corrected chi connectivity index (χ0v) is 12.5. The van der Waals surface area contributed by atoms with Gasteiger partial charge in [-0.25, -0.2) is 0 Å². The van der Waals surface area contributed by atoms with Crippen LogP contribution in [0.2, 0.25) is 0 Å². The largest absolute Gasteiger partial charge is 0.359 e. The van der Waals surface area contributed by atoms with Crippen molar-refractivity contribution in [1.82, 2.24) is 5.32 Å². The smallest absolute Gasteiger partial charge is 0.157 e. The summed E-state index contributed by atoms with van der Waals surface area (Å²) in [5.41, 5.74) is 0.382. The van der Waals surface area contributed by atoms with Crippen LogP contribution in [0.4, 0.5) is 0 Å². The summed E-state index contributed by atoms with van der Waals surface area (Å²) in [6, 6.07) is 4.37. The van der Waals surface area contributed by atoms with Crippen LogP contribution < -0.4 is 5.32 Å². The van der Waals surface area contributed by atoms with E-state index in [0.717, 1.165) is 6.54 Å². The Morgan fingerprint density at radius 3 is 2.83 bits per heavy atom. The van der Waals surface area contributed by atoms with E-state index in [1.165, 1.54) is 52.8 Å². The van der Waals surface area contributed by atoms with Crippen LogP contribution in [0.15, 0.2) is 17.1 Å². The van der Waals surface area contributed by atoms with Gasteiger partial charge in [0.1, 0.15) is 0 Å². The van der Waals surface area contributed by atoms with Gasteiger partial charge < -0.3 is 5.32 Å². The number of aryl methyl sites for hydroxylation is 1. The minimum Gasteiger partial charge on any atom is -0.359 e. The summed E-state index contributed by atoms with van der Waals surface area (Å²) in [5, 5.41) is 4.87. The van der Waals surface area contributed by atoms with Crippen molar-refractivity contribution >= 4 is 28.3 Å². The molecule has 1 aliphatic heterocycles. The molecule has 2 fully saturated rings. The maximum Gasteiger partial charge on any atom is 0.157 e. The van der Waals surface area contributed by atoms with E-state index in [2.05, 4.69) is 24.4 Å². The van der Waals surface area contributed by atoms with Gasteiger partial charge in [-0.15, -0.1) is 11.3 Å². The van der Waals surface area contributed by atoms with Crippen LogP contribution in [-0.2, 0) is 6.54 Å². The second kappa shape index (κ2) is 5.25. The molecule has 2 heterocycles. The highest BCUT2D eigenvalue weighted by Crippen LogP contribution is 2.36. The summed E-state index contributed by atoms with van der Waals surface area (Å²) in [6.45, 7) is 2.99. The number of hydrogen-bond donors (Lipinski definition) is 1. The molecule has 2 nitrogen and oxygen atoms in total. The molecule has 1 N–H and O–H groups in total. The third-order valence-electron chi connectivity index (χ3n) is 3.84. The van der Waals surface area contributed by atoms with Crippen molar-refractivity contribution in [2.45, 2.75) is 51.1 Å². The van der Waals surface area contributed by atoms with Gasteiger partial charge in [-0.05, 0) is 31.9 Å². The van der Waals surface area contributed by atoms with Crippen LogP contribution in [0, 0.1) is 6.92 Å². The van der Waals surface area contributed by atoms with Gasteiger partial charge in [0.2, 0.25) is 0 Å². The molecular weight excluding hydrogens is 260 g/mol. The average Bonchev–Trinajstić information content (AvgIpc) is 2.96. The van der Waals surface area contributed by atoms with Gasteiger partial charge in [-0.3, -0.25) is 4.99 Å². The Hall–Kier alpha value is -0.480. The average molecular weight is 280 g/mol. The highest BCUT2D eigenvalue weighted by Gasteiger charge is 2.37. The predicted molar refractivity (Wildman–Crippen MR) is 81.6 cm³/mol. The Kier molecular flexibility index (Phi) is 3.66. The highest BCUT2D eigenvalue weighted by atomic mass is 32.2. The van der Waals surface area contributed by atoms with Crippen LogP contribution in [0.25, 0.3) is 0 Å². The van der Waals surface area contributed by atoms with Crippen molar-refractivity contribution in [1.29, 1.82) is 0 Å². The van der Waals surface area contributed by atoms with E-state index >= 15 is 0 Å². The van der Waals surface area contributed by atoms with E-state index in [9.17, 15) is 0 Å². The molecular formula is C14H20N2S2. The monoisotopic (exact) mass is 280 g/mol. The van der Waals surface area contributed by atoms with Gasteiger partial charge >= 0.3 is 0 Å². The molecule has 0 bridgehead atoms. The zero-order chi connectivity index (χ0) is 12.4. The maximum atomic E-state index is 4.74. The lowest BCUT2D eigenvalue weighted by molar-refractivity contribution is 0.303. The number of rotatable bonds is 2. The molecule has 0 amide bonds. The summed E-state index contributed by atoms with van der Waals surface area (Å²) in [7, 11) is 0. The van der Waals surface area contributed by atoms with Gasteiger partial charge in [-0.2, -0.15) is 0 Å². The number of amidine groups is 1. The van der Waals surface area contributed by atoms with Crippen LogP contribution >= 0.6 is 23.1 Å². The number of thioether (sulfide) groups is 1. The summed E-state index contributed by atoms with van der Waals surface area (Å²) in [6.07, 6.45) is 6.83. The van der Waals surface area contributed by atoms with E-state index in [0.29, 0.717) is 5.54 Å². The maximum absolute atomic E-state index is 4.74. The predicted octanol–water partition coefficient (Wildman–Crippen LogP) is 3.95. The Balaban J connectivity index is 1.61. The molecule has 1 aromatic rings. The lowest BCUT2D eigenvalue weighted by Crippen LogP contribution is -2.45. The molecule has 3 rings (SSSR count). The Morgan fingerprint density at radius 2 is 2.11 bits per heavy atom. The van der Waals surface area contributed by atoms with E-state index in [1.807, 2.05) is 23.1 Å². The first-order valence-electron chi connectivity index (χ1n) is 6.77. The summed E-state index contributed by atoms with van der Waals surface area (Å²) in [5.74, 6) is 1.22. The number of aliphatic imine (C=N–C) groups is 1. The molecule has 1 aliphatic carbocycles. The molecule has 0 aromatic carbocycles. The summed E-state index contributed by atoms with van der Waals surface area (Å²) >= 11 is 3.77. The second-order valence-corrected chi connectivity index (χ2v) is 7.72. The van der Waals surface area contributed by atoms with Gasteiger partial charge in [0.15, 0.2) is 5.17 Å². The molecule has 4 heteroatoms. The number of hydrogen-bond acceptors (Lipinski definition) is 3. The van der Waals surface area contributed by atoms with Crippen molar-refractivity contribution in [3.05, 3.63) is 21.9 Å². The van der Waals surface area contributed by atoms with Crippen LogP contribution in [-0.4, -0.2) is 16.5 Å². The molecule has 98 valence electrons. The molecule has 1 aromatic heterocycles. The quantitative estimate of drug-likeness (QED) is 0.887. The molecule has 1 saturated heterocycles. The third kappa shape index (κ3) is 2.75. The Bertz CT molecular complexity index is 444. The lowest BCUT2D eigenvalue weighted by Gasteiger charge is -2.32. The van der Waals surface area contributed by atoms with E-state index in [1.54, 1.807) is 0 Å². The molecule has 0 unspecified atom stereocenters. The topological polar surface area (TPSA) is 24.4 Å². The minimum absolute atomic E-state index is 0.382. The SMILES string of the molecule is Cc1ccc(CN=C2NC3(CCCCC3)CS2)s1. The van der Waals surface area contributed by atoms with E-state index in [4.69, 9.17) is 4.99 Å². The summed E-state index contributed by atoms with van der Waals surface area (Å²) in [4.78, 5) is 7.48. The highest BCUT2D eigenvalue weighted by molar-refractivity contribution is 8.14. The molecule has 2 aliphatic rings. The summed E-state index contributed by atoms with van der Waals surface area (Å²) < 4.78 is 0. The molecule has 0 radical (unpaired) electrons. The van der Waals surface area contributed by atoms with Crippen LogP contribution in [0.3, 0.4) is 0 Å². The van der Waals surface area contributed by atoms with Crippen molar-refractivity contribution in [3.8, 4) is 0 Å². The van der Waals surface area contributed by atoms with Crippen molar-refractivity contribution < 1.29 is 0 Å². The van der Waals surface area contributed by atoms with Crippen molar-refractivity contribution in [2.75, 3.05) is 5.75 Å². The minimum atomic E-state index is 0.382. The Labute approximate surface area is 117 Å². The first-order chi connectivity index (χ1) is 8.76. The number of thiophene rings is 1. The molecule has 0 atom stereocenters. The first kappa shape index (κ1) is 12.5. The number of nitrogens with one attached hydrogen (secondary N) is 1. The van der Waals surface area contributed by atoms with Gasteiger partial charge in [0, 0.05) is 21.0 Å². The van der Waals surface area contributed by atoms with Gasteiger partial charge in [-0.1, -0.05) is 31.0 Å². The first-order valence-corrected chi connectivity index (χ1v) is 8.57. The molecule has 1 saturated carbocycles. The standard InChI is InChI=1S/C14H20N2S2/c1-11-5-6-12(18-11)9-15-13-16-14(10-17-13)7-3-2-4-8-14/h5-6H,2-4,7-10H2,1H3,(H,15,16). The Morgan fingerprint density at radius 1 is 1.28 bits per heavy atom. The van der Waals surface area contributed by atoms with Crippen molar-refractivity contribution in [3.63, 3.8) is 0 Å². The third-order valence-corrected chi connectivity index (χ3v) is 6.03. The van der Waals surface area contributed by atoms with E-state index in [-0.39, 0.29) is 0 Å². The van der Waals surface area contributed by atoms with Gasteiger partial charge in [0.05, 0.1) is 6.54 Å². The number of nitrogens with zero attached hydrogens (tertiary/aromatic N) is 1. The lowest BCUT2D eigenvalue weighted by atomic mass is 9.83. The van der Waals surface area contributed by atoms with Crippen LogP contribution in [0.5, 0.6) is 0 Å². The fourth-order valence-electron chi connectivity index (χ4n) is 2.81. The normalized spacial score (nSPS) is 24.6. The second-order valence-electron chi connectivity index (χ2n) is 5.39. The van der Waals surface area contributed by atoms with E-state index < -0.39 is 0 Å². The van der Waals surface area contributed by atoms with Crippen molar-refractivity contribution in [2.24, 2.45) is 4.99 Å². The fourth-order valence-corrected chi connectivity index (χ4v) is 4.84.